The molecule has 3 aromatic rings. The van der Waals surface area contributed by atoms with Crippen LogP contribution >= 0.6 is 0 Å². The molecule has 118 valence electrons. The molecule has 1 aromatic heterocycles. The first kappa shape index (κ1) is 15.5. The van der Waals surface area contributed by atoms with Crippen LogP contribution in [-0.2, 0) is 17.8 Å². The van der Waals surface area contributed by atoms with Crippen LogP contribution in [0.4, 0.5) is 0 Å². The van der Waals surface area contributed by atoms with E-state index in [-0.39, 0.29) is 0 Å². The smallest absolute Gasteiger partial charge is 0.200 e. The van der Waals surface area contributed by atoms with E-state index in [1.165, 1.54) is 5.56 Å². The minimum absolute atomic E-state index is 0.649. The molecule has 0 bridgehead atoms. The zero-order chi connectivity index (χ0) is 15.9. The Balaban J connectivity index is 1.48. The number of hydrogen-bond acceptors (Lipinski definition) is 2. The summed E-state index contributed by atoms with van der Waals surface area (Å²) in [5.74, 6) is 0. The Morgan fingerprint density at radius 3 is 2.52 bits per heavy atom. The molecule has 0 aliphatic rings. The quantitative estimate of drug-likeness (QED) is 0.375. The van der Waals surface area contributed by atoms with Crippen molar-refractivity contribution in [2.24, 2.45) is 0 Å². The standard InChI is InChI=1S/C20H21NO2/c22-21-14-13-18-10-4-5-11-19(18)20(21)12-6-7-15-23-16-17-8-2-1-3-9-17/h1-5,8-11,13-14H,6-7,12,15-16H2. The second-order valence-corrected chi connectivity index (χ2v) is 5.67. The van der Waals surface area contributed by atoms with Gasteiger partial charge in [-0.25, -0.2) is 0 Å². The highest BCUT2D eigenvalue weighted by atomic mass is 16.5. The lowest BCUT2D eigenvalue weighted by atomic mass is 10.1. The normalized spacial score (nSPS) is 11.0. The van der Waals surface area contributed by atoms with Crippen LogP contribution in [0.1, 0.15) is 24.1 Å². The zero-order valence-electron chi connectivity index (χ0n) is 13.2. The van der Waals surface area contributed by atoms with E-state index in [0.29, 0.717) is 6.61 Å². The maximum atomic E-state index is 12.0. The van der Waals surface area contributed by atoms with Gasteiger partial charge in [-0.3, -0.25) is 0 Å². The first-order chi connectivity index (χ1) is 11.3. The minimum atomic E-state index is 0.649. The molecule has 0 aliphatic heterocycles. The van der Waals surface area contributed by atoms with Crippen molar-refractivity contribution in [3.8, 4) is 0 Å². The molecule has 3 heteroatoms. The van der Waals surface area contributed by atoms with Gasteiger partial charge in [0.15, 0.2) is 6.20 Å². The lowest BCUT2D eigenvalue weighted by Gasteiger charge is -2.08. The number of rotatable bonds is 7. The number of unbranched alkanes of at least 4 members (excludes halogenated alkanes) is 1. The molecule has 0 unspecified atom stereocenters. The summed E-state index contributed by atoms with van der Waals surface area (Å²) in [6, 6.07) is 20.1. The molecule has 0 fully saturated rings. The van der Waals surface area contributed by atoms with Gasteiger partial charge in [-0.05, 0) is 29.9 Å². The van der Waals surface area contributed by atoms with E-state index >= 15 is 0 Å². The summed E-state index contributed by atoms with van der Waals surface area (Å²) in [6.45, 7) is 1.37. The van der Waals surface area contributed by atoms with E-state index in [9.17, 15) is 5.21 Å². The Bertz CT molecular complexity index is 756. The highest BCUT2D eigenvalue weighted by Gasteiger charge is 2.10. The largest absolute Gasteiger partial charge is 0.618 e. The van der Waals surface area contributed by atoms with E-state index in [1.807, 2.05) is 48.5 Å². The van der Waals surface area contributed by atoms with Crippen LogP contribution in [0.25, 0.3) is 10.8 Å². The van der Waals surface area contributed by atoms with E-state index < -0.39 is 0 Å². The highest BCUT2D eigenvalue weighted by Crippen LogP contribution is 2.17. The Morgan fingerprint density at radius 2 is 1.65 bits per heavy atom. The molecule has 0 atom stereocenters. The molecule has 0 amide bonds. The second kappa shape index (κ2) is 7.75. The molecule has 1 heterocycles. The molecular weight excluding hydrogens is 286 g/mol. The van der Waals surface area contributed by atoms with Gasteiger partial charge >= 0.3 is 0 Å². The summed E-state index contributed by atoms with van der Waals surface area (Å²) in [7, 11) is 0. The van der Waals surface area contributed by atoms with E-state index in [2.05, 4.69) is 12.1 Å². The number of aryl methyl sites for hydroxylation is 1. The number of ether oxygens (including phenoxy) is 1. The highest BCUT2D eigenvalue weighted by molar-refractivity contribution is 5.83. The molecule has 3 nitrogen and oxygen atoms in total. The Labute approximate surface area is 136 Å². The Morgan fingerprint density at radius 1 is 0.870 bits per heavy atom. The van der Waals surface area contributed by atoms with E-state index in [4.69, 9.17) is 4.74 Å². The molecule has 2 aromatic carbocycles. The maximum absolute atomic E-state index is 12.0. The van der Waals surface area contributed by atoms with Gasteiger partial charge in [-0.1, -0.05) is 48.5 Å². The van der Waals surface area contributed by atoms with Gasteiger partial charge in [0.25, 0.3) is 0 Å². The van der Waals surface area contributed by atoms with Crippen LogP contribution in [0.5, 0.6) is 0 Å². The predicted molar refractivity (Wildman–Crippen MR) is 91.9 cm³/mol. The third kappa shape index (κ3) is 4.08. The summed E-state index contributed by atoms with van der Waals surface area (Å²) in [5.41, 5.74) is 2.05. The number of aromatic nitrogens is 1. The molecule has 0 spiro atoms. The van der Waals surface area contributed by atoms with Gasteiger partial charge in [0.05, 0.1) is 12.0 Å². The third-order valence-corrected chi connectivity index (χ3v) is 3.99. The zero-order valence-corrected chi connectivity index (χ0v) is 13.2. The topological polar surface area (TPSA) is 36.2 Å². The predicted octanol–water partition coefficient (Wildman–Crippen LogP) is 4.01. The lowest BCUT2D eigenvalue weighted by Crippen LogP contribution is -2.31. The first-order valence-electron chi connectivity index (χ1n) is 8.06. The fraction of sp³-hybridized carbons (Fsp3) is 0.250. The molecule has 0 saturated heterocycles. The lowest BCUT2D eigenvalue weighted by molar-refractivity contribution is -0.612. The van der Waals surface area contributed by atoms with Crippen molar-refractivity contribution >= 4 is 10.8 Å². The van der Waals surface area contributed by atoms with Crippen LogP contribution in [0, 0.1) is 5.21 Å². The molecule has 0 radical (unpaired) electrons. The first-order valence-corrected chi connectivity index (χ1v) is 8.06. The summed E-state index contributed by atoms with van der Waals surface area (Å²) >= 11 is 0. The number of nitrogens with zero attached hydrogens (tertiary/aromatic N) is 1. The monoisotopic (exact) mass is 307 g/mol. The van der Waals surface area contributed by atoms with Gasteiger partial charge in [0.1, 0.15) is 0 Å². The minimum Gasteiger partial charge on any atom is -0.618 e. The molecule has 3 rings (SSSR count). The summed E-state index contributed by atoms with van der Waals surface area (Å²) in [5, 5.41) is 14.2. The Kier molecular flexibility index (Phi) is 5.22. The van der Waals surface area contributed by atoms with Crippen LogP contribution in [-0.4, -0.2) is 6.61 Å². The summed E-state index contributed by atoms with van der Waals surface area (Å²) < 4.78 is 6.68. The number of benzene rings is 2. The van der Waals surface area contributed by atoms with Crippen molar-refractivity contribution < 1.29 is 9.47 Å². The van der Waals surface area contributed by atoms with Crippen LogP contribution < -0.4 is 4.73 Å². The molecular formula is C20H21NO2. The van der Waals surface area contributed by atoms with Gasteiger partial charge in [-0.2, -0.15) is 4.73 Å². The average Bonchev–Trinajstić information content (AvgIpc) is 2.60. The van der Waals surface area contributed by atoms with Gasteiger partial charge in [0.2, 0.25) is 5.69 Å². The van der Waals surface area contributed by atoms with Gasteiger partial charge < -0.3 is 9.94 Å². The Hall–Kier alpha value is -2.39. The van der Waals surface area contributed by atoms with Crippen LogP contribution in [0.3, 0.4) is 0 Å². The fourth-order valence-corrected chi connectivity index (χ4v) is 2.77. The molecule has 0 saturated carbocycles. The van der Waals surface area contributed by atoms with Crippen LogP contribution in [0.15, 0.2) is 66.9 Å². The maximum Gasteiger partial charge on any atom is 0.200 e. The van der Waals surface area contributed by atoms with Crippen molar-refractivity contribution in [3.05, 3.63) is 83.3 Å². The summed E-state index contributed by atoms with van der Waals surface area (Å²) in [4.78, 5) is 0. The van der Waals surface area contributed by atoms with Crippen molar-refractivity contribution in [1.82, 2.24) is 0 Å². The van der Waals surface area contributed by atoms with Crippen molar-refractivity contribution in [2.75, 3.05) is 6.61 Å². The van der Waals surface area contributed by atoms with Crippen molar-refractivity contribution in [2.45, 2.75) is 25.9 Å². The van der Waals surface area contributed by atoms with Crippen LogP contribution in [0.2, 0.25) is 0 Å². The van der Waals surface area contributed by atoms with Crippen molar-refractivity contribution in [3.63, 3.8) is 0 Å². The second-order valence-electron chi connectivity index (χ2n) is 5.67. The average molecular weight is 307 g/mol. The van der Waals surface area contributed by atoms with Gasteiger partial charge in [0, 0.05) is 19.1 Å². The molecule has 0 aliphatic carbocycles. The molecule has 0 N–H and O–H groups in total. The van der Waals surface area contributed by atoms with E-state index in [0.717, 1.165) is 47.1 Å². The van der Waals surface area contributed by atoms with Crippen molar-refractivity contribution in [1.29, 1.82) is 0 Å². The summed E-state index contributed by atoms with van der Waals surface area (Å²) in [6.07, 6.45) is 4.28. The number of pyridine rings is 1. The third-order valence-electron chi connectivity index (χ3n) is 3.99. The number of hydrogen-bond donors (Lipinski definition) is 0. The SMILES string of the molecule is [O-][n+]1ccc2ccccc2c1CCCCOCc1ccccc1. The molecule has 23 heavy (non-hydrogen) atoms. The van der Waals surface area contributed by atoms with E-state index in [1.54, 1.807) is 6.20 Å². The number of fused-ring (bicyclic) bond motifs is 1. The van der Waals surface area contributed by atoms with Gasteiger partial charge in [-0.15, -0.1) is 0 Å². The fourth-order valence-electron chi connectivity index (χ4n) is 2.77.